The predicted molar refractivity (Wildman–Crippen MR) is 184 cm³/mol. The molecule has 4 aliphatic carbocycles. The standard InChI is InChI=1S/C40H44N2O9/c1-37(2)50-32-13-11-25(20-28(32)36(47)51-37)41-42-30-8-6-5-7-23(30)9-14-34(46)49-22-33(45)40(48)18-16-29-27-12-10-24-19-26(43)15-17-38(24,3)35(27)31(44)21-39(29,40)4/h5-8,11,13,15,17,19-20,27,29,31,35,44,48H,9-10,12,14,16,18,21-22H2,1-4H3/b42-41+. The molecule has 7 atom stereocenters. The maximum absolute atomic E-state index is 13.7. The van der Waals surface area contributed by atoms with Gasteiger partial charge in [0, 0.05) is 37.0 Å². The Balaban J connectivity index is 0.971. The van der Waals surface area contributed by atoms with Gasteiger partial charge in [-0.3, -0.25) is 14.4 Å². The highest BCUT2D eigenvalue weighted by Gasteiger charge is 2.68. The predicted octanol–water partition coefficient (Wildman–Crippen LogP) is 6.44. The van der Waals surface area contributed by atoms with Crippen LogP contribution in [-0.2, 0) is 30.3 Å². The number of hydrogen-bond acceptors (Lipinski definition) is 11. The number of fused-ring (bicyclic) bond motifs is 6. The molecule has 0 radical (unpaired) electrons. The number of esters is 2. The zero-order valence-electron chi connectivity index (χ0n) is 29.4. The van der Waals surface area contributed by atoms with Gasteiger partial charge in [-0.1, -0.05) is 43.7 Å². The summed E-state index contributed by atoms with van der Waals surface area (Å²) in [7, 11) is 0. The Labute approximate surface area is 296 Å². The number of cyclic esters (lactones) is 1. The van der Waals surface area contributed by atoms with E-state index in [1.807, 2.05) is 25.1 Å². The van der Waals surface area contributed by atoms with Gasteiger partial charge in [0.2, 0.25) is 11.6 Å². The van der Waals surface area contributed by atoms with Crippen LogP contribution in [0.3, 0.4) is 0 Å². The Morgan fingerprint density at radius 2 is 1.80 bits per heavy atom. The molecular weight excluding hydrogens is 652 g/mol. The molecule has 7 unspecified atom stereocenters. The summed E-state index contributed by atoms with van der Waals surface area (Å²) in [6.07, 6.45) is 7.33. The lowest BCUT2D eigenvalue weighted by Gasteiger charge is -2.59. The lowest BCUT2D eigenvalue weighted by Crippen LogP contribution is -2.61. The Morgan fingerprint density at radius 3 is 2.61 bits per heavy atom. The molecule has 0 aromatic heterocycles. The number of allylic oxidation sites excluding steroid dienone is 4. The fraction of sp³-hybridized carbons (Fsp3) is 0.500. The highest BCUT2D eigenvalue weighted by atomic mass is 16.7. The van der Waals surface area contributed by atoms with E-state index in [2.05, 4.69) is 17.2 Å². The molecule has 3 saturated carbocycles. The van der Waals surface area contributed by atoms with Crippen molar-refractivity contribution in [2.24, 2.45) is 38.8 Å². The molecule has 0 bridgehead atoms. The SMILES string of the molecule is CC1(C)OC(=O)c2cc(/N=N/c3ccccc3CCC(=O)OCC(=O)C3(O)CCC4C5CCC6=CC(=O)C=CC6(C)C5C(O)CC43C)ccc2O1. The first-order valence-corrected chi connectivity index (χ1v) is 17.7. The Morgan fingerprint density at radius 1 is 1.02 bits per heavy atom. The second kappa shape index (κ2) is 12.6. The number of carbonyl (C=O) groups is 4. The average Bonchev–Trinajstić information content (AvgIpc) is 3.35. The molecule has 1 heterocycles. The summed E-state index contributed by atoms with van der Waals surface area (Å²) in [4.78, 5) is 51.1. The Bertz CT molecular complexity index is 1900. The molecule has 2 aromatic carbocycles. The summed E-state index contributed by atoms with van der Waals surface area (Å²) >= 11 is 0. The number of nitrogens with zero attached hydrogens (tertiary/aromatic N) is 2. The number of aryl methyl sites for hydroxylation is 1. The molecule has 3 fully saturated rings. The highest BCUT2D eigenvalue weighted by Crippen LogP contribution is 2.67. The van der Waals surface area contributed by atoms with Crippen LogP contribution in [0.4, 0.5) is 11.4 Å². The van der Waals surface area contributed by atoms with Crippen molar-refractivity contribution < 1.29 is 43.6 Å². The van der Waals surface area contributed by atoms with Gasteiger partial charge in [0.05, 0.1) is 17.5 Å². The Kier molecular flexibility index (Phi) is 8.65. The van der Waals surface area contributed by atoms with Crippen LogP contribution in [0.2, 0.25) is 0 Å². The fourth-order valence-electron chi connectivity index (χ4n) is 9.69. The van der Waals surface area contributed by atoms with E-state index in [9.17, 15) is 29.4 Å². The van der Waals surface area contributed by atoms with Crippen LogP contribution < -0.4 is 4.74 Å². The third-order valence-electron chi connectivity index (χ3n) is 12.2. The number of ether oxygens (including phenoxy) is 3. The summed E-state index contributed by atoms with van der Waals surface area (Å²) in [6.45, 7) is 6.73. The monoisotopic (exact) mass is 696 g/mol. The Hall–Kier alpha value is -4.48. The first-order chi connectivity index (χ1) is 24.1. The molecule has 0 amide bonds. The number of rotatable bonds is 8. The van der Waals surface area contributed by atoms with E-state index < -0.39 is 52.7 Å². The minimum absolute atomic E-state index is 0.00114. The minimum atomic E-state index is -1.73. The van der Waals surface area contributed by atoms with Gasteiger partial charge in [-0.05, 0) is 92.3 Å². The maximum Gasteiger partial charge on any atom is 0.345 e. The number of hydrogen-bond donors (Lipinski definition) is 2. The van der Waals surface area contributed by atoms with E-state index >= 15 is 0 Å². The normalized spacial score (nSPS) is 33.3. The molecular formula is C40H44N2O9. The molecule has 51 heavy (non-hydrogen) atoms. The van der Waals surface area contributed by atoms with Gasteiger partial charge in [-0.15, -0.1) is 0 Å². The van der Waals surface area contributed by atoms with Crippen molar-refractivity contribution in [3.8, 4) is 5.75 Å². The molecule has 11 heteroatoms. The number of aliphatic hydroxyl groups is 2. The van der Waals surface area contributed by atoms with Crippen molar-refractivity contribution in [1.29, 1.82) is 0 Å². The number of aliphatic hydroxyl groups excluding tert-OH is 1. The van der Waals surface area contributed by atoms with E-state index in [1.165, 1.54) is 0 Å². The summed E-state index contributed by atoms with van der Waals surface area (Å²) in [5, 5.41) is 32.2. The van der Waals surface area contributed by atoms with Crippen molar-refractivity contribution in [3.05, 3.63) is 77.4 Å². The van der Waals surface area contributed by atoms with Crippen LogP contribution in [0.25, 0.3) is 0 Å². The largest absolute Gasteiger partial charge is 0.458 e. The first kappa shape index (κ1) is 34.9. The molecule has 1 aliphatic heterocycles. The topological polar surface area (TPSA) is 161 Å². The van der Waals surface area contributed by atoms with Gasteiger partial charge in [0.25, 0.3) is 0 Å². The van der Waals surface area contributed by atoms with Crippen LogP contribution >= 0.6 is 0 Å². The zero-order valence-corrected chi connectivity index (χ0v) is 29.4. The van der Waals surface area contributed by atoms with Crippen LogP contribution in [-0.4, -0.2) is 57.8 Å². The molecule has 5 aliphatic rings. The average molecular weight is 697 g/mol. The number of carbonyl (C=O) groups excluding carboxylic acids is 4. The van der Waals surface area contributed by atoms with Crippen molar-refractivity contribution in [2.45, 2.75) is 90.1 Å². The molecule has 0 saturated heterocycles. The van der Waals surface area contributed by atoms with Crippen molar-refractivity contribution in [2.75, 3.05) is 6.61 Å². The molecule has 11 nitrogen and oxygen atoms in total. The van der Waals surface area contributed by atoms with Gasteiger partial charge >= 0.3 is 11.9 Å². The van der Waals surface area contributed by atoms with E-state index in [-0.39, 0.29) is 54.8 Å². The quantitative estimate of drug-likeness (QED) is 0.234. The summed E-state index contributed by atoms with van der Waals surface area (Å²) < 4.78 is 16.4. The van der Waals surface area contributed by atoms with Crippen LogP contribution in [0.15, 0.2) is 76.5 Å². The third kappa shape index (κ3) is 6.04. The van der Waals surface area contributed by atoms with Crippen LogP contribution in [0, 0.1) is 28.6 Å². The smallest absolute Gasteiger partial charge is 0.345 e. The van der Waals surface area contributed by atoms with Gasteiger partial charge in [0.1, 0.15) is 16.9 Å². The number of benzene rings is 2. The van der Waals surface area contributed by atoms with Crippen molar-refractivity contribution in [3.63, 3.8) is 0 Å². The third-order valence-corrected chi connectivity index (χ3v) is 12.2. The van der Waals surface area contributed by atoms with E-state index in [4.69, 9.17) is 14.2 Å². The van der Waals surface area contributed by atoms with Crippen molar-refractivity contribution >= 4 is 34.9 Å². The number of Topliss-reactive ketones (excluding diaryl/α,β-unsaturated/α-hetero) is 1. The van der Waals surface area contributed by atoms with Gasteiger partial charge in [-0.2, -0.15) is 10.2 Å². The van der Waals surface area contributed by atoms with E-state index in [0.29, 0.717) is 23.5 Å². The lowest BCUT2D eigenvalue weighted by molar-refractivity contribution is -0.181. The van der Waals surface area contributed by atoms with Gasteiger partial charge in [-0.25, -0.2) is 4.79 Å². The van der Waals surface area contributed by atoms with Gasteiger partial charge in [0.15, 0.2) is 12.4 Å². The van der Waals surface area contributed by atoms with Crippen LogP contribution in [0.1, 0.15) is 82.1 Å². The summed E-state index contributed by atoms with van der Waals surface area (Å²) in [6, 6.07) is 12.1. The lowest BCUT2D eigenvalue weighted by atomic mass is 9.46. The molecule has 7 rings (SSSR count). The van der Waals surface area contributed by atoms with Crippen LogP contribution in [0.5, 0.6) is 5.75 Å². The number of azo groups is 1. The summed E-state index contributed by atoms with van der Waals surface area (Å²) in [5.41, 5.74) is -0.0744. The highest BCUT2D eigenvalue weighted by molar-refractivity contribution is 6.01. The maximum atomic E-state index is 13.7. The number of ketones is 2. The summed E-state index contributed by atoms with van der Waals surface area (Å²) in [5.74, 6) is -2.37. The van der Waals surface area contributed by atoms with Gasteiger partial charge < -0.3 is 24.4 Å². The zero-order chi connectivity index (χ0) is 36.3. The first-order valence-electron chi connectivity index (χ1n) is 17.7. The van der Waals surface area contributed by atoms with E-state index in [1.54, 1.807) is 56.3 Å². The fourth-order valence-corrected chi connectivity index (χ4v) is 9.69. The molecule has 268 valence electrons. The molecule has 0 spiro atoms. The molecule has 2 aromatic rings. The second-order valence-electron chi connectivity index (χ2n) is 15.6. The second-order valence-corrected chi connectivity index (χ2v) is 15.6. The minimum Gasteiger partial charge on any atom is -0.458 e. The van der Waals surface area contributed by atoms with Crippen molar-refractivity contribution in [1.82, 2.24) is 0 Å². The molecule has 2 N–H and O–H groups in total. The van der Waals surface area contributed by atoms with E-state index in [0.717, 1.165) is 24.0 Å².